The van der Waals surface area contributed by atoms with Gasteiger partial charge in [-0.2, -0.15) is 4.98 Å². The minimum atomic E-state index is 0.462. The molecule has 114 valence electrons. The fraction of sp³-hybridized carbons (Fsp3) is 0.529. The molecule has 0 fully saturated rings. The lowest BCUT2D eigenvalue weighted by Gasteiger charge is -2.16. The SMILES string of the molecule is CCC(C)CC(C)NCc1nc(Cc2ccccc2)no1. The summed E-state index contributed by atoms with van der Waals surface area (Å²) in [5.74, 6) is 2.15. The lowest BCUT2D eigenvalue weighted by atomic mass is 10.0. The number of hydrogen-bond donors (Lipinski definition) is 1. The summed E-state index contributed by atoms with van der Waals surface area (Å²) in [5.41, 5.74) is 1.20. The van der Waals surface area contributed by atoms with E-state index in [1.165, 1.54) is 18.4 Å². The first-order chi connectivity index (χ1) is 10.2. The maximum absolute atomic E-state index is 5.29. The smallest absolute Gasteiger partial charge is 0.240 e. The number of aromatic nitrogens is 2. The molecule has 2 aromatic rings. The van der Waals surface area contributed by atoms with Crippen LogP contribution in [0.15, 0.2) is 34.9 Å². The minimum absolute atomic E-state index is 0.462. The molecule has 1 N–H and O–H groups in total. The van der Waals surface area contributed by atoms with Crippen molar-refractivity contribution in [1.29, 1.82) is 0 Å². The molecule has 2 atom stereocenters. The summed E-state index contributed by atoms with van der Waals surface area (Å²) in [6.07, 6.45) is 3.10. The van der Waals surface area contributed by atoms with Crippen molar-refractivity contribution in [3.8, 4) is 0 Å². The number of hydrogen-bond acceptors (Lipinski definition) is 4. The Morgan fingerprint density at radius 3 is 2.67 bits per heavy atom. The Morgan fingerprint density at radius 1 is 1.19 bits per heavy atom. The Labute approximate surface area is 127 Å². The number of rotatable bonds is 8. The summed E-state index contributed by atoms with van der Waals surface area (Å²) >= 11 is 0. The minimum Gasteiger partial charge on any atom is -0.338 e. The van der Waals surface area contributed by atoms with Crippen LogP contribution < -0.4 is 5.32 Å². The van der Waals surface area contributed by atoms with Crippen molar-refractivity contribution >= 4 is 0 Å². The second-order valence-electron chi connectivity index (χ2n) is 5.80. The molecular weight excluding hydrogens is 262 g/mol. The Hall–Kier alpha value is -1.68. The second kappa shape index (κ2) is 7.93. The molecule has 0 radical (unpaired) electrons. The van der Waals surface area contributed by atoms with Gasteiger partial charge in [-0.05, 0) is 24.8 Å². The van der Waals surface area contributed by atoms with Crippen LogP contribution in [0.5, 0.6) is 0 Å². The molecule has 0 aliphatic rings. The average Bonchev–Trinajstić information content (AvgIpc) is 2.93. The van der Waals surface area contributed by atoms with E-state index in [9.17, 15) is 0 Å². The van der Waals surface area contributed by atoms with Crippen LogP contribution >= 0.6 is 0 Å². The third kappa shape index (κ3) is 5.31. The summed E-state index contributed by atoms with van der Waals surface area (Å²) in [5, 5.41) is 7.49. The fourth-order valence-corrected chi connectivity index (χ4v) is 2.33. The van der Waals surface area contributed by atoms with Crippen LogP contribution in [0, 0.1) is 5.92 Å². The highest BCUT2D eigenvalue weighted by atomic mass is 16.5. The molecule has 1 aromatic carbocycles. The predicted octanol–water partition coefficient (Wildman–Crippen LogP) is 3.57. The van der Waals surface area contributed by atoms with Gasteiger partial charge in [0.2, 0.25) is 5.89 Å². The van der Waals surface area contributed by atoms with E-state index in [1.54, 1.807) is 0 Å². The van der Waals surface area contributed by atoms with E-state index in [-0.39, 0.29) is 0 Å². The topological polar surface area (TPSA) is 51.0 Å². The monoisotopic (exact) mass is 287 g/mol. The van der Waals surface area contributed by atoms with Gasteiger partial charge >= 0.3 is 0 Å². The third-order valence-corrected chi connectivity index (χ3v) is 3.77. The molecule has 4 heteroatoms. The second-order valence-corrected chi connectivity index (χ2v) is 5.80. The zero-order chi connectivity index (χ0) is 15.1. The van der Waals surface area contributed by atoms with Crippen molar-refractivity contribution in [1.82, 2.24) is 15.5 Å². The summed E-state index contributed by atoms with van der Waals surface area (Å²) in [4.78, 5) is 4.44. The maximum atomic E-state index is 5.29. The van der Waals surface area contributed by atoms with Gasteiger partial charge in [-0.15, -0.1) is 0 Å². The van der Waals surface area contributed by atoms with Gasteiger partial charge < -0.3 is 9.84 Å². The van der Waals surface area contributed by atoms with Crippen LogP contribution in [0.1, 0.15) is 50.9 Å². The number of benzene rings is 1. The maximum Gasteiger partial charge on any atom is 0.240 e. The highest BCUT2D eigenvalue weighted by Crippen LogP contribution is 2.10. The van der Waals surface area contributed by atoms with Crippen molar-refractivity contribution in [2.45, 2.75) is 52.6 Å². The molecule has 0 aliphatic heterocycles. The molecule has 1 heterocycles. The lowest BCUT2D eigenvalue weighted by Crippen LogP contribution is -2.27. The van der Waals surface area contributed by atoms with Gasteiger partial charge in [0, 0.05) is 12.5 Å². The van der Waals surface area contributed by atoms with E-state index in [0.717, 1.165) is 11.7 Å². The van der Waals surface area contributed by atoms with Gasteiger partial charge in [0.05, 0.1) is 6.54 Å². The largest absolute Gasteiger partial charge is 0.338 e. The van der Waals surface area contributed by atoms with Crippen molar-refractivity contribution in [3.05, 3.63) is 47.6 Å². The summed E-state index contributed by atoms with van der Waals surface area (Å²) < 4.78 is 5.29. The van der Waals surface area contributed by atoms with E-state index in [0.29, 0.717) is 24.9 Å². The van der Waals surface area contributed by atoms with E-state index in [2.05, 4.69) is 48.4 Å². The van der Waals surface area contributed by atoms with E-state index >= 15 is 0 Å². The van der Waals surface area contributed by atoms with E-state index in [1.807, 2.05) is 18.2 Å². The molecule has 0 spiro atoms. The first-order valence-electron chi connectivity index (χ1n) is 7.76. The van der Waals surface area contributed by atoms with Crippen LogP contribution in [0.2, 0.25) is 0 Å². The Morgan fingerprint density at radius 2 is 1.95 bits per heavy atom. The molecule has 1 aromatic heterocycles. The van der Waals surface area contributed by atoms with Crippen LogP contribution in [0.3, 0.4) is 0 Å². The quantitative estimate of drug-likeness (QED) is 0.806. The highest BCUT2D eigenvalue weighted by Gasteiger charge is 2.10. The Bertz CT molecular complexity index is 524. The van der Waals surface area contributed by atoms with Crippen LogP contribution in [0.4, 0.5) is 0 Å². The molecular formula is C17H25N3O. The standard InChI is InChI=1S/C17H25N3O/c1-4-13(2)10-14(3)18-12-17-19-16(20-21-17)11-15-8-6-5-7-9-15/h5-9,13-14,18H,4,10-12H2,1-3H3. The first kappa shape index (κ1) is 15.7. The normalized spacial score (nSPS) is 14.0. The van der Waals surface area contributed by atoms with Crippen LogP contribution in [-0.4, -0.2) is 16.2 Å². The molecule has 0 saturated carbocycles. The number of nitrogens with one attached hydrogen (secondary N) is 1. The summed E-state index contributed by atoms with van der Waals surface area (Å²) in [6.45, 7) is 7.35. The van der Waals surface area contributed by atoms with Crippen LogP contribution in [0.25, 0.3) is 0 Å². The average molecular weight is 287 g/mol. The number of nitrogens with zero attached hydrogens (tertiary/aromatic N) is 2. The van der Waals surface area contributed by atoms with Gasteiger partial charge in [0.1, 0.15) is 0 Å². The Balaban J connectivity index is 1.80. The van der Waals surface area contributed by atoms with Gasteiger partial charge in [-0.25, -0.2) is 0 Å². The summed E-state index contributed by atoms with van der Waals surface area (Å²) in [6, 6.07) is 10.7. The molecule has 0 aliphatic carbocycles. The van der Waals surface area contributed by atoms with Crippen molar-refractivity contribution < 1.29 is 4.52 Å². The molecule has 2 unspecified atom stereocenters. The molecule has 4 nitrogen and oxygen atoms in total. The van der Waals surface area contributed by atoms with E-state index < -0.39 is 0 Å². The van der Waals surface area contributed by atoms with Gasteiger partial charge in [0.15, 0.2) is 5.82 Å². The summed E-state index contributed by atoms with van der Waals surface area (Å²) in [7, 11) is 0. The third-order valence-electron chi connectivity index (χ3n) is 3.77. The molecule has 2 rings (SSSR count). The van der Waals surface area contributed by atoms with E-state index in [4.69, 9.17) is 4.52 Å². The lowest BCUT2D eigenvalue weighted by molar-refractivity contribution is 0.342. The first-order valence-corrected chi connectivity index (χ1v) is 7.76. The van der Waals surface area contributed by atoms with Gasteiger partial charge in [-0.3, -0.25) is 0 Å². The Kier molecular flexibility index (Phi) is 5.93. The van der Waals surface area contributed by atoms with Crippen molar-refractivity contribution in [2.24, 2.45) is 5.92 Å². The zero-order valence-electron chi connectivity index (χ0n) is 13.2. The highest BCUT2D eigenvalue weighted by molar-refractivity contribution is 5.18. The zero-order valence-corrected chi connectivity index (χ0v) is 13.2. The molecule has 0 bridgehead atoms. The van der Waals surface area contributed by atoms with Gasteiger partial charge in [0.25, 0.3) is 0 Å². The van der Waals surface area contributed by atoms with Crippen LogP contribution in [-0.2, 0) is 13.0 Å². The molecule has 21 heavy (non-hydrogen) atoms. The fourth-order valence-electron chi connectivity index (χ4n) is 2.33. The van der Waals surface area contributed by atoms with Crippen molar-refractivity contribution in [2.75, 3.05) is 0 Å². The molecule has 0 saturated heterocycles. The predicted molar refractivity (Wildman–Crippen MR) is 83.9 cm³/mol. The van der Waals surface area contributed by atoms with Gasteiger partial charge in [-0.1, -0.05) is 55.8 Å². The molecule has 0 amide bonds. The van der Waals surface area contributed by atoms with Crippen molar-refractivity contribution in [3.63, 3.8) is 0 Å².